The topological polar surface area (TPSA) is 96.7 Å². The number of carboxylic acids is 1. The van der Waals surface area contributed by atoms with Crippen molar-refractivity contribution in [3.63, 3.8) is 0 Å². The summed E-state index contributed by atoms with van der Waals surface area (Å²) in [6.07, 6.45) is 0.260. The van der Waals surface area contributed by atoms with Crippen LogP contribution in [-0.4, -0.2) is 63.6 Å². The average Bonchev–Trinajstić information content (AvgIpc) is 2.79. The Hall–Kier alpha value is -2.09. The van der Waals surface area contributed by atoms with E-state index in [-0.39, 0.29) is 6.42 Å². The van der Waals surface area contributed by atoms with Gasteiger partial charge in [0.25, 0.3) is 0 Å². The third-order valence-electron chi connectivity index (χ3n) is 3.69. The number of nitrogens with one attached hydrogen (secondary N) is 1. The summed E-state index contributed by atoms with van der Waals surface area (Å²) in [5, 5.41) is 16.0. The Morgan fingerprint density at radius 2 is 1.96 bits per heavy atom. The molecule has 0 spiro atoms. The van der Waals surface area contributed by atoms with Gasteiger partial charge in [0.1, 0.15) is 5.60 Å². The molecule has 0 aliphatic carbocycles. The second-order valence-electron chi connectivity index (χ2n) is 7.42. The molecule has 8 heteroatoms. The van der Waals surface area contributed by atoms with Gasteiger partial charge in [-0.25, -0.2) is 4.79 Å². The molecule has 1 heterocycles. The van der Waals surface area contributed by atoms with Crippen LogP contribution in [-0.2, 0) is 16.1 Å². The minimum atomic E-state index is -0.796. The van der Waals surface area contributed by atoms with Crippen molar-refractivity contribution in [1.29, 1.82) is 0 Å². The number of aliphatic carboxylic acids is 1. The van der Waals surface area contributed by atoms with Crippen molar-refractivity contribution < 1.29 is 19.4 Å². The molecule has 0 radical (unpaired) electrons. The summed E-state index contributed by atoms with van der Waals surface area (Å²) in [5.41, 5.74) is 1.55. The number of carboxylic acid groups (broad SMARTS) is 1. The second kappa shape index (κ2) is 10.2. The fourth-order valence-electron chi connectivity index (χ4n) is 2.56. The number of ether oxygens (including phenoxy) is 1. The fraction of sp³-hybridized carbons (Fsp3) is 0.722. The Labute approximate surface area is 155 Å². The van der Waals surface area contributed by atoms with Crippen LogP contribution in [0.1, 0.15) is 45.0 Å². The quantitative estimate of drug-likeness (QED) is 0.657. The van der Waals surface area contributed by atoms with E-state index < -0.39 is 17.7 Å². The van der Waals surface area contributed by atoms with Crippen molar-refractivity contribution in [2.75, 3.05) is 26.2 Å². The van der Waals surface area contributed by atoms with Gasteiger partial charge in [-0.15, -0.1) is 0 Å². The molecule has 0 saturated heterocycles. The monoisotopic (exact) mass is 368 g/mol. The van der Waals surface area contributed by atoms with E-state index in [9.17, 15) is 9.59 Å². The first-order chi connectivity index (χ1) is 12.1. The number of carbonyl (C=O) groups excluding carboxylic acids is 1. The van der Waals surface area contributed by atoms with Crippen LogP contribution in [0.25, 0.3) is 0 Å². The number of aryl methyl sites for hydroxylation is 2. The number of carbonyl (C=O) groups is 2. The third-order valence-corrected chi connectivity index (χ3v) is 3.69. The van der Waals surface area contributed by atoms with Gasteiger partial charge in [-0.3, -0.25) is 14.4 Å². The maximum atomic E-state index is 11.7. The van der Waals surface area contributed by atoms with Crippen LogP contribution in [0.3, 0.4) is 0 Å². The minimum absolute atomic E-state index is 0.135. The van der Waals surface area contributed by atoms with Gasteiger partial charge in [0.15, 0.2) is 0 Å². The Kier molecular flexibility index (Phi) is 8.57. The van der Waals surface area contributed by atoms with Gasteiger partial charge >= 0.3 is 12.1 Å². The smallest absolute Gasteiger partial charge is 0.407 e. The van der Waals surface area contributed by atoms with Crippen LogP contribution >= 0.6 is 0 Å². The lowest BCUT2D eigenvalue weighted by Gasteiger charge is -2.24. The van der Waals surface area contributed by atoms with Gasteiger partial charge < -0.3 is 15.2 Å². The number of aromatic nitrogens is 2. The van der Waals surface area contributed by atoms with E-state index >= 15 is 0 Å². The third kappa shape index (κ3) is 9.41. The van der Waals surface area contributed by atoms with E-state index in [4.69, 9.17) is 9.84 Å². The molecule has 1 rings (SSSR count). The number of hydrogen-bond donors (Lipinski definition) is 2. The normalized spacial score (nSPS) is 11.6. The second-order valence-corrected chi connectivity index (χ2v) is 7.42. The zero-order chi connectivity index (χ0) is 19.7. The molecule has 1 aromatic rings. The Morgan fingerprint density at radius 1 is 1.27 bits per heavy atom. The molecule has 0 aliphatic heterocycles. The molecule has 0 atom stereocenters. The molecular weight excluding hydrogens is 336 g/mol. The van der Waals surface area contributed by atoms with Gasteiger partial charge in [-0.1, -0.05) is 0 Å². The molecule has 1 aromatic heterocycles. The van der Waals surface area contributed by atoms with Gasteiger partial charge in [-0.05, 0) is 53.7 Å². The number of nitrogens with zero attached hydrogens (tertiary/aromatic N) is 3. The van der Waals surface area contributed by atoms with E-state index in [2.05, 4.69) is 15.3 Å². The van der Waals surface area contributed by atoms with E-state index in [0.717, 1.165) is 24.5 Å². The molecule has 0 saturated carbocycles. The van der Waals surface area contributed by atoms with Gasteiger partial charge in [0.05, 0.1) is 12.2 Å². The summed E-state index contributed by atoms with van der Waals surface area (Å²) in [5.74, 6) is -0.796. The van der Waals surface area contributed by atoms with Gasteiger partial charge in [0, 0.05) is 31.7 Å². The van der Waals surface area contributed by atoms with Gasteiger partial charge in [0.2, 0.25) is 0 Å². The molecule has 26 heavy (non-hydrogen) atoms. The number of hydrogen-bond acceptors (Lipinski definition) is 5. The predicted octanol–water partition coefficient (Wildman–Crippen LogP) is 2.19. The van der Waals surface area contributed by atoms with Crippen LogP contribution < -0.4 is 5.32 Å². The first-order valence-corrected chi connectivity index (χ1v) is 8.99. The summed E-state index contributed by atoms with van der Waals surface area (Å²) >= 11 is 0. The maximum absolute atomic E-state index is 11.7. The van der Waals surface area contributed by atoms with Crippen molar-refractivity contribution in [2.45, 2.75) is 59.6 Å². The van der Waals surface area contributed by atoms with E-state index in [1.54, 1.807) is 0 Å². The maximum Gasteiger partial charge on any atom is 0.407 e. The molecule has 0 bridgehead atoms. The summed E-state index contributed by atoms with van der Waals surface area (Å²) in [6.45, 7) is 12.6. The SMILES string of the molecule is Cc1cc(C)n(CCN(CCCC(=O)O)CCNC(=O)OC(C)(C)C)n1. The Balaban J connectivity index is 2.48. The summed E-state index contributed by atoms with van der Waals surface area (Å²) in [6, 6.07) is 2.03. The zero-order valence-electron chi connectivity index (χ0n) is 16.5. The van der Waals surface area contributed by atoms with Crippen molar-refractivity contribution in [3.8, 4) is 0 Å². The van der Waals surface area contributed by atoms with E-state index in [1.165, 1.54) is 0 Å². The summed E-state index contributed by atoms with van der Waals surface area (Å²) < 4.78 is 7.16. The highest BCUT2D eigenvalue weighted by atomic mass is 16.6. The molecule has 0 aromatic carbocycles. The lowest BCUT2D eigenvalue weighted by Crippen LogP contribution is -2.39. The standard InChI is InChI=1S/C18H32N4O4/c1-14-13-15(2)22(20-14)12-11-21(9-6-7-16(23)24)10-8-19-17(25)26-18(3,4)5/h13H,6-12H2,1-5H3,(H,19,25)(H,23,24). The van der Waals surface area contributed by atoms with Crippen LogP contribution in [0.15, 0.2) is 6.07 Å². The largest absolute Gasteiger partial charge is 0.481 e. The van der Waals surface area contributed by atoms with Crippen LogP contribution in [0.5, 0.6) is 0 Å². The summed E-state index contributed by atoms with van der Waals surface area (Å²) in [7, 11) is 0. The molecule has 8 nitrogen and oxygen atoms in total. The molecule has 2 N–H and O–H groups in total. The average molecular weight is 368 g/mol. The molecule has 0 fully saturated rings. The highest BCUT2D eigenvalue weighted by Crippen LogP contribution is 2.06. The Morgan fingerprint density at radius 3 is 2.50 bits per heavy atom. The first kappa shape index (κ1) is 22.0. The van der Waals surface area contributed by atoms with Crippen LogP contribution in [0, 0.1) is 13.8 Å². The Bertz CT molecular complexity index is 593. The molecule has 0 unspecified atom stereocenters. The highest BCUT2D eigenvalue weighted by Gasteiger charge is 2.16. The number of rotatable bonds is 10. The highest BCUT2D eigenvalue weighted by molar-refractivity contribution is 5.67. The molecular formula is C18H32N4O4. The van der Waals surface area contributed by atoms with Gasteiger partial charge in [-0.2, -0.15) is 5.10 Å². The molecule has 148 valence electrons. The summed E-state index contributed by atoms with van der Waals surface area (Å²) in [4.78, 5) is 24.6. The lowest BCUT2D eigenvalue weighted by atomic mass is 10.2. The number of amides is 1. The minimum Gasteiger partial charge on any atom is -0.481 e. The number of alkyl carbamates (subject to hydrolysis) is 1. The fourth-order valence-corrected chi connectivity index (χ4v) is 2.56. The van der Waals surface area contributed by atoms with E-state index in [1.807, 2.05) is 45.4 Å². The van der Waals surface area contributed by atoms with E-state index in [0.29, 0.717) is 26.1 Å². The lowest BCUT2D eigenvalue weighted by molar-refractivity contribution is -0.137. The molecule has 1 amide bonds. The van der Waals surface area contributed by atoms with Crippen molar-refractivity contribution in [3.05, 3.63) is 17.5 Å². The van der Waals surface area contributed by atoms with Crippen molar-refractivity contribution in [1.82, 2.24) is 20.0 Å². The van der Waals surface area contributed by atoms with Crippen molar-refractivity contribution >= 4 is 12.1 Å². The zero-order valence-corrected chi connectivity index (χ0v) is 16.5. The predicted molar refractivity (Wildman–Crippen MR) is 99.2 cm³/mol. The first-order valence-electron chi connectivity index (χ1n) is 8.99. The van der Waals surface area contributed by atoms with Crippen molar-refractivity contribution in [2.24, 2.45) is 0 Å². The van der Waals surface area contributed by atoms with Crippen LogP contribution in [0.4, 0.5) is 4.79 Å². The molecule has 0 aliphatic rings. The van der Waals surface area contributed by atoms with Crippen LogP contribution in [0.2, 0.25) is 0 Å².